The third-order valence-electron chi connectivity index (χ3n) is 0.945. The van der Waals surface area contributed by atoms with Gasteiger partial charge in [0.1, 0.15) is 0 Å². The van der Waals surface area contributed by atoms with Gasteiger partial charge in [-0.25, -0.2) is 4.79 Å². The van der Waals surface area contributed by atoms with E-state index in [1.807, 2.05) is 0 Å². The lowest BCUT2D eigenvalue weighted by molar-refractivity contribution is -0.133. The Morgan fingerprint density at radius 1 is 1.67 bits per heavy atom. The molecule has 0 spiro atoms. The van der Waals surface area contributed by atoms with Gasteiger partial charge in [-0.05, 0) is 13.8 Å². The molecule has 0 aliphatic carbocycles. The number of carbonyl (C=O) groups is 1. The van der Waals surface area contributed by atoms with Crippen LogP contribution in [0.25, 0.3) is 0 Å². The number of hydrogen-bond donors (Lipinski definition) is 0. The average Bonchev–Trinajstić information content (AvgIpc) is 1.87. The molecule has 0 aliphatic heterocycles. The van der Waals surface area contributed by atoms with Gasteiger partial charge < -0.3 is 4.74 Å². The van der Waals surface area contributed by atoms with Crippen LogP contribution in [0.5, 0.6) is 0 Å². The van der Waals surface area contributed by atoms with Gasteiger partial charge in [0.25, 0.3) is 0 Å². The van der Waals surface area contributed by atoms with Crippen molar-refractivity contribution in [3.05, 3.63) is 24.5 Å². The van der Waals surface area contributed by atoms with Crippen LogP contribution in [0.1, 0.15) is 13.8 Å². The Morgan fingerprint density at radius 3 is 2.56 bits per heavy atom. The normalized spacial score (nSPS) is 10.7. The Balaban J connectivity index is 3.88. The van der Waals surface area contributed by atoms with Crippen LogP contribution in [0, 0.1) is 0 Å². The van der Waals surface area contributed by atoms with Gasteiger partial charge in [0.2, 0.25) is 0 Å². The van der Waals surface area contributed by atoms with E-state index >= 15 is 0 Å². The van der Waals surface area contributed by atoms with E-state index in [-0.39, 0.29) is 5.97 Å². The van der Waals surface area contributed by atoms with Gasteiger partial charge in [0, 0.05) is 5.57 Å². The molecule has 0 fully saturated rings. The maximum Gasteiger partial charge on any atom is 0.338 e. The first-order valence-electron chi connectivity index (χ1n) is 2.67. The zero-order valence-corrected chi connectivity index (χ0v) is 5.68. The molecule has 2 nitrogen and oxygen atoms in total. The summed E-state index contributed by atoms with van der Waals surface area (Å²) in [5.74, 6) is -0.340. The molecule has 0 aromatic rings. The van der Waals surface area contributed by atoms with Crippen molar-refractivity contribution in [2.24, 2.45) is 0 Å². The molecule has 0 atom stereocenters. The molecule has 0 aromatic carbocycles. The number of carbonyl (C=O) groups excluding carboxylic acids is 1. The molecule has 0 unspecified atom stereocenters. The van der Waals surface area contributed by atoms with E-state index in [1.54, 1.807) is 19.9 Å². The summed E-state index contributed by atoms with van der Waals surface area (Å²) in [6, 6.07) is 0. The Kier molecular flexibility index (Phi) is 3.44. The second-order valence-corrected chi connectivity index (χ2v) is 1.54. The van der Waals surface area contributed by atoms with Crippen molar-refractivity contribution >= 4 is 5.97 Å². The van der Waals surface area contributed by atoms with Crippen LogP contribution < -0.4 is 0 Å². The minimum Gasteiger partial charge on any atom is -0.432 e. The lowest BCUT2D eigenvalue weighted by atomic mass is 10.3. The summed E-state index contributed by atoms with van der Waals surface area (Å²) in [6.45, 7) is 6.71. The molecule has 50 valence electrons. The predicted molar refractivity (Wildman–Crippen MR) is 35.7 cm³/mol. The second-order valence-electron chi connectivity index (χ2n) is 1.54. The quantitative estimate of drug-likeness (QED) is 0.319. The van der Waals surface area contributed by atoms with E-state index in [9.17, 15) is 4.79 Å². The number of hydrogen-bond acceptors (Lipinski definition) is 2. The summed E-state index contributed by atoms with van der Waals surface area (Å²) in [4.78, 5) is 10.6. The maximum atomic E-state index is 10.6. The zero-order valence-electron chi connectivity index (χ0n) is 5.68. The molecule has 0 amide bonds. The topological polar surface area (TPSA) is 26.3 Å². The molecule has 0 N–H and O–H groups in total. The average molecular weight is 126 g/mol. The van der Waals surface area contributed by atoms with Crippen molar-refractivity contribution in [1.82, 2.24) is 0 Å². The smallest absolute Gasteiger partial charge is 0.338 e. The molecule has 0 radical (unpaired) electrons. The molecule has 0 heterocycles. The summed E-state index contributed by atoms with van der Waals surface area (Å²) in [5, 5.41) is 0. The van der Waals surface area contributed by atoms with E-state index in [0.717, 1.165) is 6.26 Å². The highest BCUT2D eigenvalue weighted by molar-refractivity contribution is 5.87. The number of ether oxygens (including phenoxy) is 1. The van der Waals surface area contributed by atoms with Gasteiger partial charge in [-0.15, -0.1) is 0 Å². The van der Waals surface area contributed by atoms with Crippen LogP contribution in [0.4, 0.5) is 0 Å². The standard InChI is InChI=1S/C7H10O2/c1-4-6(3)7(8)9-5-2/h4-5H,2H2,1,3H3/b6-4+. The number of esters is 1. The fourth-order valence-corrected chi connectivity index (χ4v) is 0.286. The van der Waals surface area contributed by atoms with Crippen molar-refractivity contribution in [3.8, 4) is 0 Å². The van der Waals surface area contributed by atoms with Gasteiger partial charge in [-0.1, -0.05) is 12.7 Å². The van der Waals surface area contributed by atoms with Crippen LogP contribution in [-0.4, -0.2) is 5.97 Å². The first-order chi connectivity index (χ1) is 4.22. The summed E-state index contributed by atoms with van der Waals surface area (Å²) in [7, 11) is 0. The lowest BCUT2D eigenvalue weighted by Crippen LogP contribution is -1.99. The summed E-state index contributed by atoms with van der Waals surface area (Å²) in [6.07, 6.45) is 2.81. The molecule has 0 rings (SSSR count). The van der Waals surface area contributed by atoms with Gasteiger partial charge >= 0.3 is 5.97 Å². The molecular formula is C7H10O2. The molecule has 0 bridgehead atoms. The van der Waals surface area contributed by atoms with Crippen LogP contribution in [0.15, 0.2) is 24.5 Å². The third kappa shape index (κ3) is 2.69. The van der Waals surface area contributed by atoms with Crippen LogP contribution >= 0.6 is 0 Å². The van der Waals surface area contributed by atoms with E-state index in [0.29, 0.717) is 5.57 Å². The summed E-state index contributed by atoms with van der Waals surface area (Å²) in [5.41, 5.74) is 0.593. The molecule has 0 aromatic heterocycles. The summed E-state index contributed by atoms with van der Waals surface area (Å²) < 4.78 is 4.45. The number of allylic oxidation sites excluding steroid dienone is 1. The SMILES string of the molecule is C=COC(=O)/C(C)=C/C. The van der Waals surface area contributed by atoms with Crippen molar-refractivity contribution in [2.75, 3.05) is 0 Å². The Bertz CT molecular complexity index is 145. The second kappa shape index (κ2) is 3.89. The van der Waals surface area contributed by atoms with Gasteiger partial charge in [-0.2, -0.15) is 0 Å². The van der Waals surface area contributed by atoms with E-state index < -0.39 is 0 Å². The monoisotopic (exact) mass is 126 g/mol. The minimum absolute atomic E-state index is 0.340. The summed E-state index contributed by atoms with van der Waals surface area (Å²) >= 11 is 0. The Morgan fingerprint density at radius 2 is 2.22 bits per heavy atom. The Hall–Kier alpha value is -1.05. The van der Waals surface area contributed by atoms with Crippen molar-refractivity contribution in [1.29, 1.82) is 0 Å². The van der Waals surface area contributed by atoms with Crippen molar-refractivity contribution < 1.29 is 9.53 Å². The third-order valence-corrected chi connectivity index (χ3v) is 0.945. The van der Waals surface area contributed by atoms with Crippen molar-refractivity contribution in [2.45, 2.75) is 13.8 Å². The van der Waals surface area contributed by atoms with Crippen molar-refractivity contribution in [3.63, 3.8) is 0 Å². The molecule has 0 saturated heterocycles. The molecule has 0 aliphatic rings. The van der Waals surface area contributed by atoms with Crippen LogP contribution in [0.2, 0.25) is 0 Å². The highest BCUT2D eigenvalue weighted by atomic mass is 16.5. The van der Waals surface area contributed by atoms with Crippen LogP contribution in [-0.2, 0) is 9.53 Å². The van der Waals surface area contributed by atoms with Gasteiger partial charge in [0.05, 0.1) is 6.26 Å². The maximum absolute atomic E-state index is 10.6. The predicted octanol–water partition coefficient (Wildman–Crippen LogP) is 1.64. The largest absolute Gasteiger partial charge is 0.432 e. The minimum atomic E-state index is -0.340. The molecule has 0 saturated carbocycles. The first kappa shape index (κ1) is 7.95. The van der Waals surface area contributed by atoms with E-state index in [1.165, 1.54) is 0 Å². The molecular weight excluding hydrogens is 116 g/mol. The Labute approximate surface area is 54.8 Å². The molecule has 2 heteroatoms. The highest BCUT2D eigenvalue weighted by Gasteiger charge is 1.99. The van der Waals surface area contributed by atoms with E-state index in [4.69, 9.17) is 0 Å². The van der Waals surface area contributed by atoms with E-state index in [2.05, 4.69) is 11.3 Å². The van der Waals surface area contributed by atoms with Gasteiger partial charge in [-0.3, -0.25) is 0 Å². The first-order valence-corrected chi connectivity index (χ1v) is 2.67. The fraction of sp³-hybridized carbons (Fsp3) is 0.286. The van der Waals surface area contributed by atoms with Crippen LogP contribution in [0.3, 0.4) is 0 Å². The lowest BCUT2D eigenvalue weighted by Gasteiger charge is -1.94. The highest BCUT2D eigenvalue weighted by Crippen LogP contribution is 1.94. The zero-order chi connectivity index (χ0) is 7.28. The molecule has 9 heavy (non-hydrogen) atoms. The van der Waals surface area contributed by atoms with Gasteiger partial charge in [0.15, 0.2) is 0 Å². The number of rotatable bonds is 2. The fourth-order valence-electron chi connectivity index (χ4n) is 0.286.